The van der Waals surface area contributed by atoms with Crippen molar-refractivity contribution < 1.29 is 0 Å². The topological polar surface area (TPSA) is 27.0 Å². The van der Waals surface area contributed by atoms with E-state index in [0.29, 0.717) is 0 Å². The second-order valence-electron chi connectivity index (χ2n) is 1.37. The minimum atomic E-state index is 0.875. The molecule has 0 bridgehead atoms. The maximum absolute atomic E-state index is 6.88. The molecule has 0 unspecified atom stereocenters. The van der Waals surface area contributed by atoms with Gasteiger partial charge in [-0.1, -0.05) is 6.08 Å². The average Bonchev–Trinajstić information content (AvgIpc) is 1.86. The van der Waals surface area contributed by atoms with Crippen LogP contribution in [0.25, 0.3) is 0 Å². The van der Waals surface area contributed by atoms with Crippen molar-refractivity contribution in [2.24, 2.45) is 0 Å². The summed E-state index contributed by atoms with van der Waals surface area (Å²) in [5.74, 6) is 6.88. The molecule has 0 aliphatic carbocycles. The van der Waals surface area contributed by atoms with Gasteiger partial charge in [0.05, 0.1) is 0 Å². The maximum Gasteiger partial charge on any atom is 0.0386 e. The molecule has 6 heavy (non-hydrogen) atoms. The molecular weight excluding hydrogens is 76.1 g/mol. The van der Waals surface area contributed by atoms with Crippen LogP contribution in [0, 0.1) is 0 Å². The van der Waals surface area contributed by atoms with Crippen LogP contribution in [0.1, 0.15) is 6.42 Å². The Balaban J connectivity index is 2.38. The predicted octanol–water partition coefficient (Wildman–Crippen LogP) is 0.404. The van der Waals surface area contributed by atoms with E-state index in [0.717, 1.165) is 13.0 Å². The van der Waals surface area contributed by atoms with Gasteiger partial charge in [-0.3, -0.25) is 0 Å². The fraction of sp³-hybridized carbons (Fsp3) is 0.500. The highest BCUT2D eigenvalue weighted by atomic mass is 15.4. The highest BCUT2D eigenvalue weighted by Gasteiger charge is 1.94. The van der Waals surface area contributed by atoms with Crippen molar-refractivity contribution in [3.8, 4) is 0 Å². The molecule has 0 atom stereocenters. The summed E-state index contributed by atoms with van der Waals surface area (Å²) < 4.78 is 0. The first-order chi connectivity index (χ1) is 2.89. The molecule has 1 heterocycles. The van der Waals surface area contributed by atoms with Crippen molar-refractivity contribution >= 4 is 0 Å². The molecule has 2 nitrogen and oxygen atoms in total. The third kappa shape index (κ3) is 0.518. The lowest BCUT2D eigenvalue weighted by atomic mass is 10.5. The van der Waals surface area contributed by atoms with Gasteiger partial charge in [0.1, 0.15) is 0 Å². The quantitative estimate of drug-likeness (QED) is 0.416. The van der Waals surface area contributed by atoms with E-state index in [1.165, 1.54) is 5.01 Å². The number of hydrogen-bond acceptors (Lipinski definition) is 1. The van der Waals surface area contributed by atoms with E-state index in [-0.39, 0.29) is 0 Å². The largest absolute Gasteiger partial charge is 0.301 e. The van der Waals surface area contributed by atoms with Crippen molar-refractivity contribution in [3.05, 3.63) is 12.3 Å². The van der Waals surface area contributed by atoms with Gasteiger partial charge in [0.25, 0.3) is 0 Å². The van der Waals surface area contributed by atoms with Crippen molar-refractivity contribution in [1.82, 2.24) is 10.9 Å². The van der Waals surface area contributed by atoms with Gasteiger partial charge < -0.3 is 5.01 Å². The van der Waals surface area contributed by atoms with E-state index >= 15 is 0 Å². The van der Waals surface area contributed by atoms with Crippen LogP contribution in [0.3, 0.4) is 0 Å². The number of hydrogen-bond donors (Lipinski definition) is 0. The minimum Gasteiger partial charge on any atom is -0.301 e. The summed E-state index contributed by atoms with van der Waals surface area (Å²) in [6, 6.07) is 0. The zero-order valence-corrected chi connectivity index (χ0v) is 3.52. The Hall–Kier alpha value is -0.500. The molecule has 0 aromatic heterocycles. The Morgan fingerprint density at radius 3 is 2.67 bits per heavy atom. The fourth-order valence-corrected chi connectivity index (χ4v) is 0.490. The van der Waals surface area contributed by atoms with Crippen molar-refractivity contribution in [1.29, 1.82) is 0 Å². The van der Waals surface area contributed by atoms with Crippen LogP contribution in [0.4, 0.5) is 0 Å². The Kier molecular flexibility index (Phi) is 0.801. The summed E-state index contributed by atoms with van der Waals surface area (Å²) >= 11 is 0. The van der Waals surface area contributed by atoms with E-state index in [4.69, 9.17) is 5.84 Å². The molecular formula is C4H7N2. The summed E-state index contributed by atoms with van der Waals surface area (Å²) in [7, 11) is 0. The highest BCUT2D eigenvalue weighted by molar-refractivity contribution is 4.87. The molecule has 0 spiro atoms. The summed E-state index contributed by atoms with van der Waals surface area (Å²) in [5, 5.41) is 1.43. The summed E-state index contributed by atoms with van der Waals surface area (Å²) in [6.07, 6.45) is 4.82. The van der Waals surface area contributed by atoms with Crippen LogP contribution in [-0.4, -0.2) is 11.6 Å². The molecule has 0 fully saturated rings. The summed E-state index contributed by atoms with van der Waals surface area (Å²) in [6.45, 7) is 0.875. The standard InChI is InChI=1S/C4H7N2/c5-6-3-1-2-4-6/h1,3,5H,2,4H2. The van der Waals surface area contributed by atoms with Gasteiger partial charge in [-0.05, 0) is 6.42 Å². The molecule has 33 valence electrons. The minimum absolute atomic E-state index is 0.875. The fourth-order valence-electron chi connectivity index (χ4n) is 0.490. The van der Waals surface area contributed by atoms with Crippen LogP contribution < -0.4 is 5.84 Å². The van der Waals surface area contributed by atoms with E-state index < -0.39 is 0 Å². The van der Waals surface area contributed by atoms with E-state index in [2.05, 4.69) is 0 Å². The van der Waals surface area contributed by atoms with E-state index in [9.17, 15) is 0 Å². The number of rotatable bonds is 0. The zero-order valence-electron chi connectivity index (χ0n) is 3.52. The molecule has 0 saturated heterocycles. The highest BCUT2D eigenvalue weighted by Crippen LogP contribution is 1.96. The molecule has 1 aliphatic rings. The van der Waals surface area contributed by atoms with E-state index in [1.807, 2.05) is 6.08 Å². The lowest BCUT2D eigenvalue weighted by Gasteiger charge is -1.99. The van der Waals surface area contributed by atoms with Crippen LogP contribution in [-0.2, 0) is 0 Å². The third-order valence-corrected chi connectivity index (χ3v) is 0.822. The Morgan fingerprint density at radius 2 is 2.50 bits per heavy atom. The predicted molar refractivity (Wildman–Crippen MR) is 23.6 cm³/mol. The monoisotopic (exact) mass is 83.1 g/mol. The smallest absolute Gasteiger partial charge is 0.0386 e. The van der Waals surface area contributed by atoms with Crippen molar-refractivity contribution in [2.75, 3.05) is 6.54 Å². The first-order valence-corrected chi connectivity index (χ1v) is 2.04. The SMILES string of the molecule is [NH]N1C=CCC1. The Bertz CT molecular complexity index is 67.9. The first-order valence-electron chi connectivity index (χ1n) is 2.04. The van der Waals surface area contributed by atoms with Crippen molar-refractivity contribution in [2.45, 2.75) is 6.42 Å². The third-order valence-electron chi connectivity index (χ3n) is 0.822. The summed E-state index contributed by atoms with van der Waals surface area (Å²) in [5.41, 5.74) is 0. The van der Waals surface area contributed by atoms with Gasteiger partial charge in [-0.15, -0.1) is 0 Å². The van der Waals surface area contributed by atoms with Gasteiger partial charge in [0.15, 0.2) is 0 Å². The van der Waals surface area contributed by atoms with Gasteiger partial charge in [0.2, 0.25) is 0 Å². The lowest BCUT2D eigenvalue weighted by molar-refractivity contribution is 0.405. The van der Waals surface area contributed by atoms with Crippen LogP contribution >= 0.6 is 0 Å². The second-order valence-corrected chi connectivity index (χ2v) is 1.37. The molecule has 2 heteroatoms. The van der Waals surface area contributed by atoms with Crippen LogP contribution in [0.2, 0.25) is 0 Å². The van der Waals surface area contributed by atoms with Gasteiger partial charge in [0, 0.05) is 12.7 Å². The average molecular weight is 83.1 g/mol. The van der Waals surface area contributed by atoms with E-state index in [1.54, 1.807) is 6.20 Å². The normalized spacial score (nSPS) is 19.8. The zero-order chi connectivity index (χ0) is 4.41. The molecule has 0 aromatic rings. The maximum atomic E-state index is 6.88. The second kappa shape index (κ2) is 1.30. The molecule has 0 amide bonds. The molecule has 1 rings (SSSR count). The summed E-state index contributed by atoms with van der Waals surface area (Å²) in [4.78, 5) is 0. The lowest BCUT2D eigenvalue weighted by Crippen LogP contribution is -2.08. The number of nitrogens with one attached hydrogen (secondary N) is 1. The first kappa shape index (κ1) is 3.68. The Morgan fingerprint density at radius 1 is 1.67 bits per heavy atom. The van der Waals surface area contributed by atoms with Gasteiger partial charge in [-0.25, -0.2) is 0 Å². The van der Waals surface area contributed by atoms with Crippen LogP contribution in [0.15, 0.2) is 12.3 Å². The molecule has 0 aromatic carbocycles. The Labute approximate surface area is 37.2 Å². The van der Waals surface area contributed by atoms with Gasteiger partial charge in [-0.2, -0.15) is 5.84 Å². The van der Waals surface area contributed by atoms with Crippen LogP contribution in [0.5, 0.6) is 0 Å². The molecule has 1 N–H and O–H groups in total. The molecule has 0 saturated carbocycles. The van der Waals surface area contributed by atoms with Crippen molar-refractivity contribution in [3.63, 3.8) is 0 Å². The van der Waals surface area contributed by atoms with Gasteiger partial charge >= 0.3 is 0 Å². The molecule has 1 aliphatic heterocycles. The number of nitrogens with zero attached hydrogens (tertiary/aromatic N) is 1. The molecule has 1 radical (unpaired) electrons.